The molecule has 0 aliphatic rings. The molecule has 20 heavy (non-hydrogen) atoms. The summed E-state index contributed by atoms with van der Waals surface area (Å²) in [7, 11) is 1.61. The molecule has 0 unspecified atom stereocenters. The number of pyridine rings is 1. The van der Waals surface area contributed by atoms with E-state index in [0.717, 1.165) is 22.6 Å². The normalized spacial score (nSPS) is 9.85. The van der Waals surface area contributed by atoms with Crippen LogP contribution in [0.1, 0.15) is 16.8 Å². The number of rotatable bonds is 5. The molecule has 0 saturated carbocycles. The lowest BCUT2D eigenvalue weighted by atomic mass is 10.2. The average molecular weight is 333 g/mol. The second-order valence-corrected chi connectivity index (χ2v) is 4.58. The average Bonchev–Trinajstić information content (AvgIpc) is 2.52. The Kier molecular flexibility index (Phi) is 4.97. The highest BCUT2D eigenvalue weighted by Gasteiger charge is 2.08. The highest BCUT2D eigenvalue weighted by atomic mass is 79.9. The summed E-state index contributed by atoms with van der Waals surface area (Å²) in [6.45, 7) is 0.296. The molecule has 0 bridgehead atoms. The number of benzene rings is 1. The molecule has 0 radical (unpaired) electrons. The summed E-state index contributed by atoms with van der Waals surface area (Å²) in [6.07, 6.45) is 1.59. The minimum atomic E-state index is 0.296. The van der Waals surface area contributed by atoms with Gasteiger partial charge in [-0.1, -0.05) is 28.1 Å². The van der Waals surface area contributed by atoms with Gasteiger partial charge >= 0.3 is 0 Å². The molecule has 1 heterocycles. The van der Waals surface area contributed by atoms with Crippen LogP contribution in [0, 0.1) is 11.3 Å². The lowest BCUT2D eigenvalue weighted by Gasteiger charge is -2.12. The van der Waals surface area contributed by atoms with Crippen LogP contribution in [-0.2, 0) is 11.9 Å². The number of nitrogens with zero attached hydrogens (tertiary/aromatic N) is 2. The van der Waals surface area contributed by atoms with Crippen molar-refractivity contribution in [3.8, 4) is 17.6 Å². The molecule has 0 aliphatic heterocycles. The van der Waals surface area contributed by atoms with E-state index >= 15 is 0 Å². The first-order valence-corrected chi connectivity index (χ1v) is 7.10. The number of alkyl halides is 1. The maximum Gasteiger partial charge on any atom is 0.147 e. The molecule has 1 aromatic heterocycles. The first-order chi connectivity index (χ1) is 9.78. The molecule has 0 atom stereocenters. The number of hydrogen-bond donors (Lipinski definition) is 0. The monoisotopic (exact) mass is 332 g/mol. The summed E-state index contributed by atoms with van der Waals surface area (Å²) in [5, 5.41) is 9.69. The summed E-state index contributed by atoms with van der Waals surface area (Å²) in [5.74, 6) is 1.46. The van der Waals surface area contributed by atoms with E-state index in [1.807, 2.05) is 24.3 Å². The fraction of sp³-hybridized carbons (Fsp3) is 0.200. The highest BCUT2D eigenvalue weighted by Crippen LogP contribution is 2.27. The van der Waals surface area contributed by atoms with Crippen molar-refractivity contribution in [2.75, 3.05) is 7.11 Å². The Hall–Kier alpha value is -2.06. The van der Waals surface area contributed by atoms with E-state index in [4.69, 9.17) is 14.7 Å². The highest BCUT2D eigenvalue weighted by molar-refractivity contribution is 9.08. The topological polar surface area (TPSA) is 55.1 Å². The molecule has 0 aliphatic carbocycles. The van der Waals surface area contributed by atoms with Crippen molar-refractivity contribution in [1.82, 2.24) is 4.98 Å². The van der Waals surface area contributed by atoms with Crippen LogP contribution in [0.5, 0.6) is 11.5 Å². The van der Waals surface area contributed by atoms with Crippen LogP contribution in [0.15, 0.2) is 36.5 Å². The van der Waals surface area contributed by atoms with E-state index in [-0.39, 0.29) is 0 Å². The molecular formula is C15H13BrN2O2. The van der Waals surface area contributed by atoms with Crippen molar-refractivity contribution >= 4 is 15.9 Å². The van der Waals surface area contributed by atoms with Gasteiger partial charge in [0.1, 0.15) is 29.9 Å². The minimum absolute atomic E-state index is 0.296. The maximum absolute atomic E-state index is 9.00. The number of halogens is 1. The summed E-state index contributed by atoms with van der Waals surface area (Å²) < 4.78 is 11.0. The molecule has 4 nitrogen and oxygen atoms in total. The van der Waals surface area contributed by atoms with Crippen LogP contribution in [0.4, 0.5) is 0 Å². The number of nitriles is 1. The Morgan fingerprint density at radius 2 is 2.15 bits per heavy atom. The Labute approximate surface area is 126 Å². The van der Waals surface area contributed by atoms with E-state index in [1.54, 1.807) is 19.4 Å². The fourth-order valence-electron chi connectivity index (χ4n) is 1.72. The van der Waals surface area contributed by atoms with Gasteiger partial charge < -0.3 is 9.47 Å². The van der Waals surface area contributed by atoms with Gasteiger partial charge in [-0.15, -0.1) is 0 Å². The SMILES string of the molecule is COc1ccc(CBr)c(OCc2cccnc2C#N)c1. The standard InChI is InChI=1S/C15H13BrN2O2/c1-19-13-5-4-11(8-16)15(7-13)20-10-12-3-2-6-18-14(12)9-17/h2-7H,8,10H2,1H3. The fourth-order valence-corrected chi connectivity index (χ4v) is 2.18. The van der Waals surface area contributed by atoms with Crippen LogP contribution < -0.4 is 9.47 Å². The first kappa shape index (κ1) is 14.4. The van der Waals surface area contributed by atoms with Gasteiger partial charge in [0.25, 0.3) is 0 Å². The van der Waals surface area contributed by atoms with Crippen molar-refractivity contribution < 1.29 is 9.47 Å². The molecule has 102 valence electrons. The van der Waals surface area contributed by atoms with Crippen LogP contribution in [0.3, 0.4) is 0 Å². The number of methoxy groups -OCH3 is 1. The van der Waals surface area contributed by atoms with Gasteiger partial charge in [-0.2, -0.15) is 5.26 Å². The van der Waals surface area contributed by atoms with Crippen LogP contribution in [0.2, 0.25) is 0 Å². The number of aromatic nitrogens is 1. The van der Waals surface area contributed by atoms with Crippen LogP contribution in [-0.4, -0.2) is 12.1 Å². The second-order valence-electron chi connectivity index (χ2n) is 4.02. The van der Waals surface area contributed by atoms with Crippen molar-refractivity contribution in [3.63, 3.8) is 0 Å². The van der Waals surface area contributed by atoms with Gasteiger partial charge in [-0.25, -0.2) is 4.98 Å². The summed E-state index contributed by atoms with van der Waals surface area (Å²) in [6, 6.07) is 11.3. The smallest absolute Gasteiger partial charge is 0.147 e. The zero-order chi connectivity index (χ0) is 14.4. The molecule has 2 rings (SSSR count). The Morgan fingerprint density at radius 3 is 2.85 bits per heavy atom. The first-order valence-electron chi connectivity index (χ1n) is 5.98. The largest absolute Gasteiger partial charge is 0.497 e. The summed E-state index contributed by atoms with van der Waals surface area (Å²) in [4.78, 5) is 4.01. The lowest BCUT2D eigenvalue weighted by Crippen LogP contribution is -2.01. The Bertz CT molecular complexity index is 638. The predicted octanol–water partition coefficient (Wildman–Crippen LogP) is 3.44. The number of hydrogen-bond acceptors (Lipinski definition) is 4. The Balaban J connectivity index is 2.20. The molecule has 0 spiro atoms. The molecule has 1 aromatic carbocycles. The van der Waals surface area contributed by atoms with Crippen molar-refractivity contribution in [1.29, 1.82) is 5.26 Å². The molecule has 0 saturated heterocycles. The molecule has 2 aromatic rings. The minimum Gasteiger partial charge on any atom is -0.497 e. The van der Waals surface area contributed by atoms with E-state index in [9.17, 15) is 0 Å². The zero-order valence-electron chi connectivity index (χ0n) is 11.0. The zero-order valence-corrected chi connectivity index (χ0v) is 12.6. The van der Waals surface area contributed by atoms with E-state index in [0.29, 0.717) is 17.6 Å². The maximum atomic E-state index is 9.00. The van der Waals surface area contributed by atoms with Crippen molar-refractivity contribution in [3.05, 3.63) is 53.3 Å². The molecular weight excluding hydrogens is 320 g/mol. The number of ether oxygens (including phenoxy) is 2. The van der Waals surface area contributed by atoms with Gasteiger partial charge in [0, 0.05) is 28.7 Å². The second kappa shape index (κ2) is 6.92. The molecule has 0 N–H and O–H groups in total. The molecule has 5 heteroatoms. The van der Waals surface area contributed by atoms with Crippen LogP contribution in [0.25, 0.3) is 0 Å². The van der Waals surface area contributed by atoms with E-state index in [1.165, 1.54) is 0 Å². The van der Waals surface area contributed by atoms with Gasteiger partial charge in [-0.05, 0) is 12.1 Å². The van der Waals surface area contributed by atoms with Crippen LogP contribution >= 0.6 is 15.9 Å². The summed E-state index contributed by atoms with van der Waals surface area (Å²) in [5.41, 5.74) is 2.17. The quantitative estimate of drug-likeness (QED) is 0.787. The Morgan fingerprint density at radius 1 is 1.30 bits per heavy atom. The van der Waals surface area contributed by atoms with E-state index < -0.39 is 0 Å². The predicted molar refractivity (Wildman–Crippen MR) is 78.9 cm³/mol. The van der Waals surface area contributed by atoms with E-state index in [2.05, 4.69) is 27.0 Å². The third-order valence-corrected chi connectivity index (χ3v) is 3.40. The van der Waals surface area contributed by atoms with Gasteiger partial charge in [0.2, 0.25) is 0 Å². The van der Waals surface area contributed by atoms with Gasteiger partial charge in [0.15, 0.2) is 0 Å². The summed E-state index contributed by atoms with van der Waals surface area (Å²) >= 11 is 3.42. The third kappa shape index (κ3) is 3.28. The van der Waals surface area contributed by atoms with Gasteiger partial charge in [-0.3, -0.25) is 0 Å². The van der Waals surface area contributed by atoms with Gasteiger partial charge in [0.05, 0.1) is 7.11 Å². The van der Waals surface area contributed by atoms with Crippen molar-refractivity contribution in [2.45, 2.75) is 11.9 Å². The lowest BCUT2D eigenvalue weighted by molar-refractivity contribution is 0.300. The van der Waals surface area contributed by atoms with Crippen molar-refractivity contribution in [2.24, 2.45) is 0 Å². The molecule has 0 fully saturated rings. The third-order valence-electron chi connectivity index (χ3n) is 2.80. The molecule has 0 amide bonds.